The van der Waals surface area contributed by atoms with Crippen molar-refractivity contribution >= 4 is 5.97 Å². The van der Waals surface area contributed by atoms with Crippen LogP contribution in [0.5, 0.6) is 0 Å². The topological polar surface area (TPSA) is 50.2 Å². The van der Waals surface area contributed by atoms with Gasteiger partial charge in [-0.05, 0) is 24.5 Å². The van der Waals surface area contributed by atoms with Gasteiger partial charge in [0.2, 0.25) is 0 Å². The summed E-state index contributed by atoms with van der Waals surface area (Å²) >= 11 is 0. The predicted octanol–water partition coefficient (Wildman–Crippen LogP) is 3.58. The second-order valence-electron chi connectivity index (χ2n) is 4.47. The molecular weight excluding hydrogens is 283 g/mol. The van der Waals surface area contributed by atoms with Gasteiger partial charge in [0.25, 0.3) is 0 Å². The van der Waals surface area contributed by atoms with E-state index in [2.05, 4.69) is 4.98 Å². The highest BCUT2D eigenvalue weighted by Gasteiger charge is 2.36. The number of benzene rings is 1. The lowest BCUT2D eigenvalue weighted by Gasteiger charge is -2.13. The summed E-state index contributed by atoms with van der Waals surface area (Å²) in [5.41, 5.74) is -1.07. The van der Waals surface area contributed by atoms with Gasteiger partial charge in [-0.2, -0.15) is 13.2 Å². The average Bonchev–Trinajstić information content (AvgIpc) is 2.44. The molecule has 0 aliphatic heterocycles. The number of hydrogen-bond donors (Lipinski definition) is 1. The fraction of sp³-hybridized carbons (Fsp3) is 0.200. The van der Waals surface area contributed by atoms with E-state index in [4.69, 9.17) is 5.11 Å². The summed E-state index contributed by atoms with van der Waals surface area (Å²) in [5.74, 6) is -1.61. The van der Waals surface area contributed by atoms with E-state index in [-0.39, 0.29) is 12.1 Å². The third-order valence-corrected chi connectivity index (χ3v) is 3.04. The first-order valence-electron chi connectivity index (χ1n) is 6.22. The number of halogens is 3. The number of nitrogens with zero attached hydrogens (tertiary/aromatic N) is 1. The van der Waals surface area contributed by atoms with E-state index in [9.17, 15) is 18.0 Å². The first kappa shape index (κ1) is 15.0. The summed E-state index contributed by atoms with van der Waals surface area (Å²) in [6.07, 6.45) is -3.15. The fourth-order valence-electron chi connectivity index (χ4n) is 2.08. The van der Waals surface area contributed by atoms with Crippen molar-refractivity contribution in [3.8, 4) is 0 Å². The lowest BCUT2D eigenvalue weighted by molar-refractivity contribution is -0.138. The lowest BCUT2D eigenvalue weighted by atomic mass is 10.0. The Kier molecular flexibility index (Phi) is 4.26. The molecule has 0 atom stereocenters. The molecule has 0 unspecified atom stereocenters. The first-order valence-corrected chi connectivity index (χ1v) is 6.22. The molecule has 0 amide bonds. The van der Waals surface area contributed by atoms with Gasteiger partial charge in [-0.25, -0.2) is 4.79 Å². The SMILES string of the molecule is O=C(O)c1c(C(F)(F)F)ccnc1CCc1ccccc1. The standard InChI is InChI=1S/C15H12F3NO2/c16-15(17,18)11-8-9-19-12(13(11)14(20)21)7-6-10-4-2-1-3-5-10/h1-5,8-9H,6-7H2,(H,20,21). The van der Waals surface area contributed by atoms with E-state index in [1.54, 1.807) is 0 Å². The number of aryl methyl sites for hydroxylation is 2. The highest BCUT2D eigenvalue weighted by atomic mass is 19.4. The first-order chi connectivity index (χ1) is 9.89. The Morgan fingerprint density at radius 1 is 1.10 bits per heavy atom. The van der Waals surface area contributed by atoms with Gasteiger partial charge >= 0.3 is 12.1 Å². The summed E-state index contributed by atoms with van der Waals surface area (Å²) in [6, 6.07) is 9.80. The summed E-state index contributed by atoms with van der Waals surface area (Å²) in [4.78, 5) is 15.0. The summed E-state index contributed by atoms with van der Waals surface area (Å²) in [7, 11) is 0. The molecule has 2 aromatic rings. The van der Waals surface area contributed by atoms with Crippen molar-refractivity contribution in [2.45, 2.75) is 19.0 Å². The van der Waals surface area contributed by atoms with Gasteiger partial charge < -0.3 is 5.11 Å². The molecule has 0 aliphatic carbocycles. The third-order valence-electron chi connectivity index (χ3n) is 3.04. The molecule has 0 fully saturated rings. The Bertz CT molecular complexity index is 639. The number of alkyl halides is 3. The number of aromatic nitrogens is 1. The van der Waals surface area contributed by atoms with E-state index in [1.165, 1.54) is 0 Å². The average molecular weight is 295 g/mol. The number of hydrogen-bond acceptors (Lipinski definition) is 2. The number of carbonyl (C=O) groups is 1. The molecule has 1 aromatic carbocycles. The molecule has 21 heavy (non-hydrogen) atoms. The number of rotatable bonds is 4. The van der Waals surface area contributed by atoms with Crippen LogP contribution in [0.25, 0.3) is 0 Å². The van der Waals surface area contributed by atoms with Gasteiger partial charge in [-0.15, -0.1) is 0 Å². The van der Waals surface area contributed by atoms with Crippen LogP contribution in [-0.4, -0.2) is 16.1 Å². The van der Waals surface area contributed by atoms with Crippen molar-refractivity contribution in [2.75, 3.05) is 0 Å². The quantitative estimate of drug-likeness (QED) is 0.938. The van der Waals surface area contributed by atoms with Gasteiger partial charge in [0.15, 0.2) is 0 Å². The maximum atomic E-state index is 12.9. The zero-order valence-corrected chi connectivity index (χ0v) is 10.9. The van der Waals surface area contributed by atoms with Crippen LogP contribution in [0.2, 0.25) is 0 Å². The monoisotopic (exact) mass is 295 g/mol. The lowest BCUT2D eigenvalue weighted by Crippen LogP contribution is -2.17. The van der Waals surface area contributed by atoms with E-state index in [0.29, 0.717) is 12.5 Å². The van der Waals surface area contributed by atoms with Gasteiger partial charge in [-0.1, -0.05) is 30.3 Å². The zero-order chi connectivity index (χ0) is 15.5. The second kappa shape index (κ2) is 5.95. The van der Waals surface area contributed by atoms with Crippen LogP contribution in [0, 0.1) is 0 Å². The maximum Gasteiger partial charge on any atom is 0.417 e. The molecule has 1 N–H and O–H groups in total. The maximum absolute atomic E-state index is 12.9. The van der Waals surface area contributed by atoms with Crippen LogP contribution in [0.1, 0.15) is 27.2 Å². The Morgan fingerprint density at radius 3 is 2.33 bits per heavy atom. The molecule has 1 heterocycles. The highest BCUT2D eigenvalue weighted by Crippen LogP contribution is 2.33. The molecule has 3 nitrogen and oxygen atoms in total. The van der Waals surface area contributed by atoms with Crippen LogP contribution in [-0.2, 0) is 19.0 Å². The fourth-order valence-corrected chi connectivity index (χ4v) is 2.08. The molecule has 0 bridgehead atoms. The number of aromatic carboxylic acids is 1. The van der Waals surface area contributed by atoms with Crippen LogP contribution >= 0.6 is 0 Å². The Balaban J connectivity index is 2.33. The molecule has 0 spiro atoms. The van der Waals surface area contributed by atoms with E-state index >= 15 is 0 Å². The van der Waals surface area contributed by atoms with Crippen LogP contribution in [0.15, 0.2) is 42.6 Å². The molecule has 1 aromatic heterocycles. The molecule has 0 saturated heterocycles. The van der Waals surface area contributed by atoms with E-state index in [1.807, 2.05) is 30.3 Å². The molecule has 2 rings (SSSR count). The van der Waals surface area contributed by atoms with Crippen molar-refractivity contribution in [1.82, 2.24) is 4.98 Å². The Labute approximate surface area is 119 Å². The van der Waals surface area contributed by atoms with Gasteiger partial charge in [0.05, 0.1) is 16.8 Å². The van der Waals surface area contributed by atoms with Crippen LogP contribution in [0.3, 0.4) is 0 Å². The van der Waals surface area contributed by atoms with Crippen molar-refractivity contribution in [2.24, 2.45) is 0 Å². The van der Waals surface area contributed by atoms with Crippen molar-refractivity contribution in [3.63, 3.8) is 0 Å². The van der Waals surface area contributed by atoms with Crippen molar-refractivity contribution in [1.29, 1.82) is 0 Å². The molecule has 0 radical (unpaired) electrons. The van der Waals surface area contributed by atoms with Crippen molar-refractivity contribution < 1.29 is 23.1 Å². The molecule has 0 aliphatic rings. The zero-order valence-electron chi connectivity index (χ0n) is 10.9. The predicted molar refractivity (Wildman–Crippen MR) is 70.0 cm³/mol. The minimum Gasteiger partial charge on any atom is -0.478 e. The smallest absolute Gasteiger partial charge is 0.417 e. The molecule has 0 saturated carbocycles. The number of carboxylic acids is 1. The van der Waals surface area contributed by atoms with E-state index in [0.717, 1.165) is 11.8 Å². The minimum absolute atomic E-state index is 0.0545. The van der Waals surface area contributed by atoms with Gasteiger partial charge in [0.1, 0.15) is 0 Å². The number of pyridine rings is 1. The highest BCUT2D eigenvalue weighted by molar-refractivity contribution is 5.90. The van der Waals surface area contributed by atoms with Crippen molar-refractivity contribution in [3.05, 3.63) is 65.0 Å². The molecule has 6 heteroatoms. The normalized spacial score (nSPS) is 11.4. The Hall–Kier alpha value is -2.37. The summed E-state index contributed by atoms with van der Waals surface area (Å²) in [5, 5.41) is 9.07. The largest absolute Gasteiger partial charge is 0.478 e. The van der Waals surface area contributed by atoms with E-state index < -0.39 is 23.3 Å². The van der Waals surface area contributed by atoms with Gasteiger partial charge in [-0.3, -0.25) is 4.98 Å². The minimum atomic E-state index is -4.71. The summed E-state index contributed by atoms with van der Waals surface area (Å²) < 4.78 is 38.6. The van der Waals surface area contributed by atoms with Crippen LogP contribution in [0.4, 0.5) is 13.2 Å². The van der Waals surface area contributed by atoms with Crippen LogP contribution < -0.4 is 0 Å². The summed E-state index contributed by atoms with van der Waals surface area (Å²) in [6.45, 7) is 0. The third kappa shape index (κ3) is 3.59. The molecule has 110 valence electrons. The number of carboxylic acid groups (broad SMARTS) is 1. The Morgan fingerprint density at radius 2 is 1.76 bits per heavy atom. The molecular formula is C15H12F3NO2. The van der Waals surface area contributed by atoms with Gasteiger partial charge in [0, 0.05) is 6.20 Å². The second-order valence-corrected chi connectivity index (χ2v) is 4.47.